The Kier molecular flexibility index (Phi) is 3.71. The molecule has 4 heteroatoms. The molecule has 0 spiro atoms. The first kappa shape index (κ1) is 11.7. The van der Waals surface area contributed by atoms with Crippen LogP contribution < -0.4 is 5.73 Å². The molecule has 0 bridgehead atoms. The molecule has 1 aliphatic carbocycles. The Labute approximate surface area is 97.5 Å². The third-order valence-corrected chi connectivity index (χ3v) is 4.98. The lowest BCUT2D eigenvalue weighted by atomic mass is 9.96. The summed E-state index contributed by atoms with van der Waals surface area (Å²) in [6.07, 6.45) is 3.86. The summed E-state index contributed by atoms with van der Waals surface area (Å²) >= 11 is 0. The third-order valence-electron chi connectivity index (χ3n) is 3.08. The van der Waals surface area contributed by atoms with Gasteiger partial charge in [0.2, 0.25) is 0 Å². The van der Waals surface area contributed by atoms with Crippen molar-refractivity contribution in [3.63, 3.8) is 0 Å². The Balaban J connectivity index is 2.21. The van der Waals surface area contributed by atoms with Crippen LogP contribution in [0.5, 0.6) is 0 Å². The average molecular weight is 241 g/mol. The van der Waals surface area contributed by atoms with Gasteiger partial charge in [-0.2, -0.15) is 0 Å². The molecule has 0 radical (unpaired) electrons. The lowest BCUT2D eigenvalue weighted by Gasteiger charge is -2.27. The predicted octanol–water partition coefficient (Wildman–Crippen LogP) is 2.20. The van der Waals surface area contributed by atoms with Gasteiger partial charge in [-0.25, -0.2) is 4.39 Å². The van der Waals surface area contributed by atoms with E-state index >= 15 is 0 Å². The zero-order valence-electron chi connectivity index (χ0n) is 9.06. The fraction of sp³-hybridized carbons (Fsp3) is 0.500. The summed E-state index contributed by atoms with van der Waals surface area (Å²) in [5.74, 6) is -0.390. The second kappa shape index (κ2) is 5.06. The Morgan fingerprint density at radius 3 is 2.62 bits per heavy atom. The van der Waals surface area contributed by atoms with Crippen molar-refractivity contribution in [1.29, 1.82) is 0 Å². The highest BCUT2D eigenvalue weighted by molar-refractivity contribution is 7.85. The molecule has 0 heterocycles. The average Bonchev–Trinajstić information content (AvgIpc) is 2.29. The van der Waals surface area contributed by atoms with Gasteiger partial charge >= 0.3 is 0 Å². The molecule has 16 heavy (non-hydrogen) atoms. The molecule has 1 saturated carbocycles. The number of nitrogens with two attached hydrogens (primary N) is 1. The number of rotatable bonds is 2. The fourth-order valence-electron chi connectivity index (χ4n) is 2.16. The smallest absolute Gasteiger partial charge is 0.139 e. The van der Waals surface area contributed by atoms with Gasteiger partial charge < -0.3 is 5.73 Å². The maximum atomic E-state index is 13.5. The Morgan fingerprint density at radius 2 is 1.94 bits per heavy atom. The third kappa shape index (κ3) is 2.33. The van der Waals surface area contributed by atoms with Crippen molar-refractivity contribution in [3.8, 4) is 0 Å². The van der Waals surface area contributed by atoms with Crippen molar-refractivity contribution in [2.45, 2.75) is 41.9 Å². The highest BCUT2D eigenvalue weighted by Crippen LogP contribution is 2.26. The molecular formula is C12H16FNOS. The quantitative estimate of drug-likeness (QED) is 0.862. The Bertz CT molecular complexity index is 396. The van der Waals surface area contributed by atoms with Crippen molar-refractivity contribution >= 4 is 10.8 Å². The lowest BCUT2D eigenvalue weighted by Crippen LogP contribution is -2.40. The zero-order valence-corrected chi connectivity index (χ0v) is 9.88. The summed E-state index contributed by atoms with van der Waals surface area (Å²) in [6.45, 7) is 0. The van der Waals surface area contributed by atoms with Crippen LogP contribution in [0.2, 0.25) is 0 Å². The van der Waals surface area contributed by atoms with E-state index in [2.05, 4.69) is 0 Å². The van der Waals surface area contributed by atoms with E-state index in [9.17, 15) is 8.60 Å². The summed E-state index contributed by atoms with van der Waals surface area (Å²) in [5, 5.41) is -0.0920. The van der Waals surface area contributed by atoms with Gasteiger partial charge in [-0.05, 0) is 25.0 Å². The van der Waals surface area contributed by atoms with Gasteiger partial charge in [0, 0.05) is 6.04 Å². The van der Waals surface area contributed by atoms with Crippen LogP contribution in [-0.2, 0) is 10.8 Å². The summed E-state index contributed by atoms with van der Waals surface area (Å²) in [4.78, 5) is 0.296. The molecular weight excluding hydrogens is 225 g/mol. The zero-order chi connectivity index (χ0) is 11.5. The van der Waals surface area contributed by atoms with E-state index in [0.29, 0.717) is 4.90 Å². The van der Waals surface area contributed by atoms with Crippen LogP contribution in [0.15, 0.2) is 29.2 Å². The van der Waals surface area contributed by atoms with Crippen LogP contribution in [0.4, 0.5) is 4.39 Å². The number of hydrogen-bond donors (Lipinski definition) is 1. The van der Waals surface area contributed by atoms with Gasteiger partial charge in [0.25, 0.3) is 0 Å². The molecule has 1 aromatic rings. The molecule has 1 fully saturated rings. The number of halogens is 1. The predicted molar refractivity (Wildman–Crippen MR) is 63.0 cm³/mol. The summed E-state index contributed by atoms with van der Waals surface area (Å²) in [7, 11) is -1.31. The van der Waals surface area contributed by atoms with Crippen molar-refractivity contribution in [2.75, 3.05) is 0 Å². The van der Waals surface area contributed by atoms with Crippen molar-refractivity contribution in [1.82, 2.24) is 0 Å². The highest BCUT2D eigenvalue weighted by Gasteiger charge is 2.29. The molecule has 1 aromatic carbocycles. The summed E-state index contributed by atoms with van der Waals surface area (Å²) in [5.41, 5.74) is 5.95. The molecule has 0 aliphatic heterocycles. The van der Waals surface area contributed by atoms with Crippen LogP contribution in [0, 0.1) is 5.82 Å². The van der Waals surface area contributed by atoms with E-state index in [1.54, 1.807) is 18.2 Å². The van der Waals surface area contributed by atoms with Crippen LogP contribution in [0.3, 0.4) is 0 Å². The summed E-state index contributed by atoms with van der Waals surface area (Å²) < 4.78 is 25.7. The first-order valence-electron chi connectivity index (χ1n) is 5.61. The second-order valence-electron chi connectivity index (χ2n) is 4.21. The van der Waals surface area contributed by atoms with Crippen molar-refractivity contribution in [3.05, 3.63) is 30.1 Å². The minimum absolute atomic E-state index is 0.0609. The molecule has 0 saturated heterocycles. The van der Waals surface area contributed by atoms with Crippen LogP contribution in [0.1, 0.15) is 25.7 Å². The number of benzene rings is 1. The van der Waals surface area contributed by atoms with Gasteiger partial charge in [0.05, 0.1) is 20.9 Å². The second-order valence-corrected chi connectivity index (χ2v) is 5.85. The van der Waals surface area contributed by atoms with E-state index in [4.69, 9.17) is 5.73 Å². The van der Waals surface area contributed by atoms with E-state index in [0.717, 1.165) is 25.7 Å². The van der Waals surface area contributed by atoms with Crippen LogP contribution >= 0.6 is 0 Å². The standard InChI is InChI=1S/C12H16FNOS/c13-9-5-1-3-7-11(9)16(15)12-8-4-2-6-10(12)14/h1,3,5,7,10,12H,2,4,6,8,14H2. The van der Waals surface area contributed by atoms with E-state index in [-0.39, 0.29) is 11.3 Å². The fourth-order valence-corrected chi connectivity index (χ4v) is 3.80. The largest absolute Gasteiger partial charge is 0.327 e. The molecule has 2 rings (SSSR count). The maximum Gasteiger partial charge on any atom is 0.139 e. The first-order chi connectivity index (χ1) is 7.70. The van der Waals surface area contributed by atoms with Crippen LogP contribution in [-0.4, -0.2) is 15.5 Å². The van der Waals surface area contributed by atoms with Gasteiger partial charge in [-0.3, -0.25) is 4.21 Å². The van der Waals surface area contributed by atoms with Crippen LogP contribution in [0.25, 0.3) is 0 Å². The van der Waals surface area contributed by atoms with E-state index in [1.165, 1.54) is 6.07 Å². The molecule has 2 nitrogen and oxygen atoms in total. The molecule has 88 valence electrons. The highest BCUT2D eigenvalue weighted by atomic mass is 32.2. The molecule has 0 aromatic heterocycles. The molecule has 0 amide bonds. The van der Waals surface area contributed by atoms with E-state index in [1.807, 2.05) is 0 Å². The Hall–Kier alpha value is -0.740. The van der Waals surface area contributed by atoms with Crippen molar-refractivity contribution < 1.29 is 8.60 Å². The minimum atomic E-state index is -1.31. The molecule has 1 aliphatic rings. The molecule has 3 atom stereocenters. The van der Waals surface area contributed by atoms with Gasteiger partial charge in [-0.1, -0.05) is 25.0 Å². The number of hydrogen-bond acceptors (Lipinski definition) is 2. The SMILES string of the molecule is NC1CCCCC1S(=O)c1ccccc1F. The first-order valence-corrected chi connectivity index (χ1v) is 6.82. The van der Waals surface area contributed by atoms with Gasteiger partial charge in [0.1, 0.15) is 5.82 Å². The van der Waals surface area contributed by atoms with E-state index < -0.39 is 16.6 Å². The van der Waals surface area contributed by atoms with Crippen molar-refractivity contribution in [2.24, 2.45) is 5.73 Å². The maximum absolute atomic E-state index is 13.5. The normalized spacial score (nSPS) is 27.6. The van der Waals surface area contributed by atoms with Gasteiger partial charge in [-0.15, -0.1) is 0 Å². The molecule has 2 N–H and O–H groups in total. The minimum Gasteiger partial charge on any atom is -0.327 e. The monoisotopic (exact) mass is 241 g/mol. The van der Waals surface area contributed by atoms with Gasteiger partial charge in [0.15, 0.2) is 0 Å². The Morgan fingerprint density at radius 1 is 1.25 bits per heavy atom. The lowest BCUT2D eigenvalue weighted by molar-refractivity contribution is 0.444. The molecule has 3 unspecified atom stereocenters. The summed E-state index contributed by atoms with van der Waals surface area (Å²) in [6, 6.07) is 6.20. The topological polar surface area (TPSA) is 43.1 Å².